The van der Waals surface area contributed by atoms with Gasteiger partial charge in [-0.25, -0.2) is 13.2 Å². The first-order valence-electron chi connectivity index (χ1n) is 11.0. The molecule has 182 valence electrons. The molecule has 0 spiro atoms. The van der Waals surface area contributed by atoms with E-state index in [0.717, 1.165) is 22.1 Å². The Balaban J connectivity index is 1.79. The molecular formula is C25H22F3N3O3S. The van der Waals surface area contributed by atoms with Gasteiger partial charge in [0.2, 0.25) is 5.43 Å². The van der Waals surface area contributed by atoms with Crippen LogP contribution in [0.2, 0.25) is 0 Å². The standard InChI is InChI=1S/C25H22F3N3O3S/c1-14(25(2,27)28)29-13-31(30-11-10-19(32)22(33)21(30)24(29)34)20-16-7-4-3-6-15(16)12-35-23-17(20)8-5-9-18(23)26/h3-11,14,20,33H,12-13H2,1-2H3. The van der Waals surface area contributed by atoms with Crippen LogP contribution in [0.5, 0.6) is 5.75 Å². The van der Waals surface area contributed by atoms with Crippen LogP contribution in [0.1, 0.15) is 47.1 Å². The molecule has 0 saturated carbocycles. The van der Waals surface area contributed by atoms with Crippen molar-refractivity contribution in [2.45, 2.75) is 42.5 Å². The minimum Gasteiger partial charge on any atom is -0.502 e. The molecule has 3 aromatic rings. The van der Waals surface area contributed by atoms with Gasteiger partial charge >= 0.3 is 0 Å². The second-order valence-corrected chi connectivity index (χ2v) is 9.74. The third-order valence-corrected chi connectivity index (χ3v) is 7.78. The number of hydrogen-bond acceptors (Lipinski definition) is 5. The number of thioether (sulfide) groups is 1. The van der Waals surface area contributed by atoms with Crippen molar-refractivity contribution in [3.8, 4) is 5.75 Å². The second-order valence-electron chi connectivity index (χ2n) is 8.76. The highest BCUT2D eigenvalue weighted by Crippen LogP contribution is 2.44. The number of halogens is 3. The minimum atomic E-state index is -3.25. The fraction of sp³-hybridized carbons (Fsp3) is 0.280. The van der Waals surface area contributed by atoms with Crippen molar-refractivity contribution in [3.63, 3.8) is 0 Å². The van der Waals surface area contributed by atoms with Gasteiger partial charge in [0, 0.05) is 29.8 Å². The molecule has 2 aliphatic heterocycles. The van der Waals surface area contributed by atoms with Crippen LogP contribution in [0.15, 0.2) is 64.4 Å². The normalized spacial score (nSPS) is 18.4. The summed E-state index contributed by atoms with van der Waals surface area (Å²) >= 11 is 1.33. The summed E-state index contributed by atoms with van der Waals surface area (Å²) in [7, 11) is 0. The van der Waals surface area contributed by atoms with Crippen molar-refractivity contribution < 1.29 is 23.1 Å². The summed E-state index contributed by atoms with van der Waals surface area (Å²) in [5.74, 6) is -4.89. The molecule has 0 aliphatic carbocycles. The van der Waals surface area contributed by atoms with E-state index in [4.69, 9.17) is 0 Å². The first kappa shape index (κ1) is 23.3. The van der Waals surface area contributed by atoms with Crippen LogP contribution in [-0.2, 0) is 5.75 Å². The van der Waals surface area contributed by atoms with Crippen molar-refractivity contribution in [1.29, 1.82) is 0 Å². The van der Waals surface area contributed by atoms with Gasteiger partial charge in [0.15, 0.2) is 11.4 Å². The summed E-state index contributed by atoms with van der Waals surface area (Å²) < 4.78 is 45.1. The van der Waals surface area contributed by atoms with E-state index in [1.165, 1.54) is 35.6 Å². The first-order chi connectivity index (χ1) is 16.6. The molecule has 10 heteroatoms. The number of nitrogens with zero attached hydrogens (tertiary/aromatic N) is 3. The van der Waals surface area contributed by atoms with Gasteiger partial charge in [0.1, 0.15) is 12.5 Å². The number of amides is 1. The maximum Gasteiger partial charge on any atom is 0.278 e. The van der Waals surface area contributed by atoms with E-state index in [1.54, 1.807) is 17.1 Å². The molecular weight excluding hydrogens is 479 g/mol. The molecule has 5 rings (SSSR count). The smallest absolute Gasteiger partial charge is 0.278 e. The maximum absolute atomic E-state index is 15.0. The van der Waals surface area contributed by atoms with Crippen LogP contribution in [0.25, 0.3) is 0 Å². The number of carbonyl (C=O) groups excluding carboxylic acids is 1. The van der Waals surface area contributed by atoms with Gasteiger partial charge in [0.25, 0.3) is 11.8 Å². The van der Waals surface area contributed by atoms with Gasteiger partial charge < -0.3 is 10.0 Å². The van der Waals surface area contributed by atoms with Gasteiger partial charge in [-0.1, -0.05) is 36.4 Å². The summed E-state index contributed by atoms with van der Waals surface area (Å²) in [4.78, 5) is 26.9. The van der Waals surface area contributed by atoms with Crippen LogP contribution >= 0.6 is 11.8 Å². The highest BCUT2D eigenvalue weighted by molar-refractivity contribution is 7.98. The molecule has 35 heavy (non-hydrogen) atoms. The Hall–Kier alpha value is -3.40. The fourth-order valence-corrected chi connectivity index (χ4v) is 5.71. The lowest BCUT2D eigenvalue weighted by Crippen LogP contribution is -2.60. The summed E-state index contributed by atoms with van der Waals surface area (Å²) in [5, 5.41) is 12.2. The predicted octanol–water partition coefficient (Wildman–Crippen LogP) is 4.48. The van der Waals surface area contributed by atoms with E-state index in [1.807, 2.05) is 24.3 Å². The summed E-state index contributed by atoms with van der Waals surface area (Å²) in [6, 6.07) is 11.1. The number of carbonyl (C=O) groups is 1. The van der Waals surface area contributed by atoms with Crippen LogP contribution < -0.4 is 10.4 Å². The Kier molecular flexibility index (Phi) is 5.58. The molecule has 1 N–H and O–H groups in total. The second kappa shape index (κ2) is 8.37. The number of benzene rings is 2. The highest BCUT2D eigenvalue weighted by atomic mass is 32.2. The SMILES string of the molecule is CC(N1CN(C2c3ccccc3CSc3c(F)cccc32)n2ccc(=O)c(O)c2C1=O)C(C)(F)F. The third kappa shape index (κ3) is 3.76. The van der Waals surface area contributed by atoms with Crippen molar-refractivity contribution in [3.05, 3.63) is 93.2 Å². The molecule has 6 nitrogen and oxygen atoms in total. The number of aromatic nitrogens is 1. The number of rotatable bonds is 3. The predicted molar refractivity (Wildman–Crippen MR) is 126 cm³/mol. The van der Waals surface area contributed by atoms with E-state index in [9.17, 15) is 27.9 Å². The Morgan fingerprint density at radius 3 is 2.54 bits per heavy atom. The zero-order valence-electron chi connectivity index (χ0n) is 18.9. The quantitative estimate of drug-likeness (QED) is 0.573. The van der Waals surface area contributed by atoms with Crippen molar-refractivity contribution in [2.75, 3.05) is 11.7 Å². The largest absolute Gasteiger partial charge is 0.502 e. The zero-order chi connectivity index (χ0) is 25.1. The molecule has 1 amide bonds. The maximum atomic E-state index is 15.0. The minimum absolute atomic E-state index is 0.279. The van der Waals surface area contributed by atoms with Crippen LogP contribution in [0, 0.1) is 5.82 Å². The van der Waals surface area contributed by atoms with Crippen LogP contribution in [0.3, 0.4) is 0 Å². The summed E-state index contributed by atoms with van der Waals surface area (Å²) in [5.41, 5.74) is 1.10. The summed E-state index contributed by atoms with van der Waals surface area (Å²) in [6.45, 7) is 1.65. The van der Waals surface area contributed by atoms with Gasteiger partial charge in [-0.3, -0.25) is 19.3 Å². The van der Waals surface area contributed by atoms with Gasteiger partial charge in [0.05, 0.1) is 12.1 Å². The lowest BCUT2D eigenvalue weighted by atomic mass is 9.94. The number of alkyl halides is 2. The number of hydrogen-bond donors (Lipinski definition) is 1. The molecule has 0 fully saturated rings. The molecule has 2 aliphatic rings. The Morgan fingerprint density at radius 1 is 1.09 bits per heavy atom. The first-order valence-corrected chi connectivity index (χ1v) is 12.0. The van der Waals surface area contributed by atoms with Crippen molar-refractivity contribution >= 4 is 17.7 Å². The zero-order valence-corrected chi connectivity index (χ0v) is 19.7. The molecule has 2 atom stereocenters. The van der Waals surface area contributed by atoms with Gasteiger partial charge in [-0.05, 0) is 29.7 Å². The fourth-order valence-electron chi connectivity index (χ4n) is 4.60. The van der Waals surface area contributed by atoms with Crippen molar-refractivity contribution in [2.24, 2.45) is 0 Å². The molecule has 2 unspecified atom stereocenters. The molecule has 0 radical (unpaired) electrons. The van der Waals surface area contributed by atoms with Crippen LogP contribution in [0.4, 0.5) is 13.2 Å². The van der Waals surface area contributed by atoms with Crippen molar-refractivity contribution in [1.82, 2.24) is 9.58 Å². The highest BCUT2D eigenvalue weighted by Gasteiger charge is 2.45. The molecule has 0 bridgehead atoms. The van der Waals surface area contributed by atoms with Gasteiger partial charge in [-0.2, -0.15) is 0 Å². The average Bonchev–Trinajstić information content (AvgIpc) is 2.98. The number of pyridine rings is 1. The van der Waals surface area contributed by atoms with E-state index in [-0.39, 0.29) is 6.67 Å². The van der Waals surface area contributed by atoms with E-state index >= 15 is 0 Å². The summed E-state index contributed by atoms with van der Waals surface area (Å²) in [6.07, 6.45) is 1.33. The topological polar surface area (TPSA) is 65.8 Å². The molecule has 3 heterocycles. The lowest BCUT2D eigenvalue weighted by molar-refractivity contribution is -0.0548. The molecule has 2 aromatic carbocycles. The Morgan fingerprint density at radius 2 is 1.80 bits per heavy atom. The number of aromatic hydroxyl groups is 1. The van der Waals surface area contributed by atoms with Gasteiger partial charge in [-0.15, -0.1) is 11.8 Å². The van der Waals surface area contributed by atoms with E-state index < -0.39 is 46.6 Å². The Labute approximate surface area is 203 Å². The van der Waals surface area contributed by atoms with E-state index in [0.29, 0.717) is 23.1 Å². The lowest BCUT2D eigenvalue weighted by Gasteiger charge is -2.46. The van der Waals surface area contributed by atoms with Crippen LogP contribution in [-0.4, -0.2) is 39.2 Å². The molecule has 0 saturated heterocycles. The third-order valence-electron chi connectivity index (χ3n) is 6.60. The molecule has 1 aromatic heterocycles. The average molecular weight is 502 g/mol. The number of fused-ring (bicyclic) bond motifs is 3. The van der Waals surface area contributed by atoms with E-state index in [2.05, 4.69) is 0 Å². The monoisotopic (exact) mass is 501 g/mol. The Bertz CT molecular complexity index is 1390.